The first-order chi connectivity index (χ1) is 11.1. The molecule has 2 amide bonds. The molecule has 2 aliphatic rings. The predicted molar refractivity (Wildman–Crippen MR) is 89.5 cm³/mol. The molecule has 0 radical (unpaired) electrons. The molecule has 0 saturated heterocycles. The lowest BCUT2D eigenvalue weighted by Crippen LogP contribution is -2.44. The van der Waals surface area contributed by atoms with Gasteiger partial charge >= 0.3 is 0 Å². The van der Waals surface area contributed by atoms with E-state index in [1.165, 1.54) is 19.3 Å². The first-order valence-corrected chi connectivity index (χ1v) is 8.85. The Bertz CT molecular complexity index is 593. The minimum Gasteiger partial charge on any atom is -0.484 e. The molecule has 1 aromatic rings. The van der Waals surface area contributed by atoms with Crippen molar-refractivity contribution in [2.75, 3.05) is 6.61 Å². The quantitative estimate of drug-likeness (QED) is 0.771. The number of carbonyl (C=O) groups is 2. The molecule has 0 aliphatic heterocycles. The first kappa shape index (κ1) is 16.3. The Balaban J connectivity index is 1.34. The molecule has 2 aliphatic carbocycles. The van der Waals surface area contributed by atoms with Crippen LogP contribution >= 0.6 is 15.9 Å². The topological polar surface area (TPSA) is 67.4 Å². The van der Waals surface area contributed by atoms with Crippen molar-refractivity contribution >= 4 is 27.7 Å². The summed E-state index contributed by atoms with van der Waals surface area (Å²) in [7, 11) is 0. The highest BCUT2D eigenvalue weighted by Gasteiger charge is 2.40. The molecule has 5 nitrogen and oxygen atoms in total. The average molecular weight is 381 g/mol. The van der Waals surface area contributed by atoms with Crippen molar-refractivity contribution in [1.29, 1.82) is 0 Å². The van der Waals surface area contributed by atoms with E-state index >= 15 is 0 Å². The van der Waals surface area contributed by atoms with Crippen molar-refractivity contribution < 1.29 is 14.3 Å². The second-order valence-corrected chi connectivity index (χ2v) is 7.40. The van der Waals surface area contributed by atoms with Gasteiger partial charge < -0.3 is 4.74 Å². The van der Waals surface area contributed by atoms with Crippen molar-refractivity contribution in [3.63, 3.8) is 0 Å². The van der Waals surface area contributed by atoms with Crippen LogP contribution in [0.25, 0.3) is 0 Å². The summed E-state index contributed by atoms with van der Waals surface area (Å²) in [5.41, 5.74) is 4.90. The standard InChI is InChI=1S/C17H21BrN2O3/c18-14-2-1-3-15(9-14)23-10-17(22)20-19-16(21)8-13-7-11-4-5-12(13)6-11/h1-3,9,11-13H,4-8,10H2,(H,19,21)(H,20,22). The second kappa shape index (κ2) is 7.34. The molecule has 6 heteroatoms. The zero-order valence-electron chi connectivity index (χ0n) is 12.9. The smallest absolute Gasteiger partial charge is 0.276 e. The highest BCUT2D eigenvalue weighted by Crippen LogP contribution is 2.49. The van der Waals surface area contributed by atoms with Gasteiger partial charge in [0.25, 0.3) is 5.91 Å². The molecule has 3 rings (SSSR count). The molecule has 3 atom stereocenters. The zero-order valence-corrected chi connectivity index (χ0v) is 14.5. The molecule has 0 heterocycles. The van der Waals surface area contributed by atoms with Gasteiger partial charge in [-0.3, -0.25) is 20.4 Å². The van der Waals surface area contributed by atoms with Crippen LogP contribution in [0.15, 0.2) is 28.7 Å². The van der Waals surface area contributed by atoms with Crippen molar-refractivity contribution in [2.45, 2.75) is 32.1 Å². The molecular formula is C17H21BrN2O3. The molecule has 2 saturated carbocycles. The number of ether oxygens (including phenoxy) is 1. The molecule has 1 aromatic carbocycles. The van der Waals surface area contributed by atoms with Crippen LogP contribution in [0, 0.1) is 17.8 Å². The molecule has 3 unspecified atom stereocenters. The fourth-order valence-corrected chi connectivity index (χ4v) is 4.18. The van der Waals surface area contributed by atoms with Gasteiger partial charge in [-0.2, -0.15) is 0 Å². The number of nitrogens with one attached hydrogen (secondary N) is 2. The van der Waals surface area contributed by atoms with E-state index in [0.717, 1.165) is 16.8 Å². The van der Waals surface area contributed by atoms with Crippen LogP contribution in [0.3, 0.4) is 0 Å². The van der Waals surface area contributed by atoms with Crippen LogP contribution in [0.4, 0.5) is 0 Å². The average Bonchev–Trinajstić information content (AvgIpc) is 3.14. The van der Waals surface area contributed by atoms with Crippen LogP contribution in [-0.4, -0.2) is 18.4 Å². The number of carbonyl (C=O) groups excluding carboxylic acids is 2. The summed E-state index contributed by atoms with van der Waals surface area (Å²) in [4.78, 5) is 23.6. The molecular weight excluding hydrogens is 360 g/mol. The highest BCUT2D eigenvalue weighted by molar-refractivity contribution is 9.10. The van der Waals surface area contributed by atoms with Gasteiger partial charge in [0.1, 0.15) is 5.75 Å². The number of hydrogen-bond acceptors (Lipinski definition) is 3. The fourth-order valence-electron chi connectivity index (χ4n) is 3.80. The van der Waals surface area contributed by atoms with Gasteiger partial charge in [-0.1, -0.05) is 28.4 Å². The summed E-state index contributed by atoms with van der Waals surface area (Å²) in [6.45, 7) is -0.134. The molecule has 23 heavy (non-hydrogen) atoms. The highest BCUT2D eigenvalue weighted by atomic mass is 79.9. The van der Waals surface area contributed by atoms with E-state index in [2.05, 4.69) is 26.8 Å². The molecule has 2 bridgehead atoms. The third-order valence-corrected chi connectivity index (χ3v) is 5.33. The number of amides is 2. The van der Waals surface area contributed by atoms with Gasteiger partial charge in [-0.25, -0.2) is 0 Å². The monoisotopic (exact) mass is 380 g/mol. The largest absolute Gasteiger partial charge is 0.484 e. The number of hydrazine groups is 1. The predicted octanol–water partition coefficient (Wildman–Crippen LogP) is 2.80. The van der Waals surface area contributed by atoms with Crippen molar-refractivity contribution in [3.8, 4) is 5.75 Å². The Morgan fingerprint density at radius 2 is 2.00 bits per heavy atom. The van der Waals surface area contributed by atoms with Gasteiger partial charge in [0.15, 0.2) is 6.61 Å². The van der Waals surface area contributed by atoms with Crippen molar-refractivity contribution in [2.24, 2.45) is 17.8 Å². The lowest BCUT2D eigenvalue weighted by molar-refractivity contribution is -0.130. The Hall–Kier alpha value is -1.56. The summed E-state index contributed by atoms with van der Waals surface area (Å²) in [6.07, 6.45) is 5.54. The SMILES string of the molecule is O=C(COc1cccc(Br)c1)NNC(=O)CC1CC2CCC1C2. The molecule has 0 aromatic heterocycles. The van der Waals surface area contributed by atoms with Gasteiger partial charge in [0, 0.05) is 10.9 Å². The van der Waals surface area contributed by atoms with E-state index in [-0.39, 0.29) is 18.4 Å². The molecule has 2 N–H and O–H groups in total. The normalized spacial score (nSPS) is 25.2. The minimum atomic E-state index is -0.369. The van der Waals surface area contributed by atoms with Gasteiger partial charge in [-0.15, -0.1) is 0 Å². The summed E-state index contributed by atoms with van der Waals surface area (Å²) < 4.78 is 6.25. The first-order valence-electron chi connectivity index (χ1n) is 8.06. The number of benzene rings is 1. The van der Waals surface area contributed by atoms with Crippen LogP contribution in [0.2, 0.25) is 0 Å². The summed E-state index contributed by atoms with van der Waals surface area (Å²) in [5.74, 6) is 2.14. The second-order valence-electron chi connectivity index (χ2n) is 6.48. The maximum Gasteiger partial charge on any atom is 0.276 e. The van der Waals surface area contributed by atoms with Crippen LogP contribution < -0.4 is 15.6 Å². The number of hydrogen-bond donors (Lipinski definition) is 2. The lowest BCUT2D eigenvalue weighted by Gasteiger charge is -2.20. The summed E-state index contributed by atoms with van der Waals surface area (Å²) in [6, 6.07) is 7.25. The van der Waals surface area contributed by atoms with Gasteiger partial charge in [0.05, 0.1) is 0 Å². The Morgan fingerprint density at radius 1 is 1.17 bits per heavy atom. The van der Waals surface area contributed by atoms with E-state index in [9.17, 15) is 9.59 Å². The van der Waals surface area contributed by atoms with Crippen molar-refractivity contribution in [1.82, 2.24) is 10.9 Å². The van der Waals surface area contributed by atoms with E-state index in [0.29, 0.717) is 24.0 Å². The minimum absolute atomic E-state index is 0.113. The number of halogens is 1. The Kier molecular flexibility index (Phi) is 5.20. The molecule has 2 fully saturated rings. The Labute approximate surface area is 144 Å². The zero-order chi connectivity index (χ0) is 16.2. The van der Waals surface area contributed by atoms with Crippen LogP contribution in [-0.2, 0) is 9.59 Å². The third-order valence-electron chi connectivity index (χ3n) is 4.84. The van der Waals surface area contributed by atoms with E-state index in [1.807, 2.05) is 12.1 Å². The Morgan fingerprint density at radius 3 is 2.70 bits per heavy atom. The molecule has 124 valence electrons. The molecule has 0 spiro atoms. The summed E-state index contributed by atoms with van der Waals surface area (Å²) >= 11 is 3.34. The maximum atomic E-state index is 11.9. The maximum absolute atomic E-state index is 11.9. The summed E-state index contributed by atoms with van der Waals surface area (Å²) in [5, 5.41) is 0. The fraction of sp³-hybridized carbons (Fsp3) is 0.529. The van der Waals surface area contributed by atoms with E-state index in [1.54, 1.807) is 12.1 Å². The number of fused-ring (bicyclic) bond motifs is 2. The van der Waals surface area contributed by atoms with Gasteiger partial charge in [0.2, 0.25) is 5.91 Å². The van der Waals surface area contributed by atoms with Crippen LogP contribution in [0.5, 0.6) is 5.75 Å². The van der Waals surface area contributed by atoms with Gasteiger partial charge in [-0.05, 0) is 55.2 Å². The lowest BCUT2D eigenvalue weighted by atomic mass is 9.86. The van der Waals surface area contributed by atoms with E-state index in [4.69, 9.17) is 4.74 Å². The third kappa shape index (κ3) is 4.47. The van der Waals surface area contributed by atoms with Crippen molar-refractivity contribution in [3.05, 3.63) is 28.7 Å². The number of rotatable bonds is 5. The van der Waals surface area contributed by atoms with E-state index < -0.39 is 0 Å². The van der Waals surface area contributed by atoms with Crippen LogP contribution in [0.1, 0.15) is 32.1 Å².